The van der Waals surface area contributed by atoms with Crippen molar-refractivity contribution in [2.24, 2.45) is 0 Å². The monoisotopic (exact) mass is 290 g/mol. The van der Waals surface area contributed by atoms with E-state index >= 15 is 0 Å². The van der Waals surface area contributed by atoms with Crippen molar-refractivity contribution in [3.63, 3.8) is 0 Å². The van der Waals surface area contributed by atoms with Gasteiger partial charge in [0.2, 0.25) is 0 Å². The molecule has 1 N–H and O–H groups in total. The third kappa shape index (κ3) is 3.64. The molecule has 21 heavy (non-hydrogen) atoms. The molecule has 0 amide bonds. The van der Waals surface area contributed by atoms with Gasteiger partial charge >= 0.3 is 0 Å². The lowest BCUT2D eigenvalue weighted by Gasteiger charge is -2.25. The predicted molar refractivity (Wildman–Crippen MR) is 84.0 cm³/mol. The number of nitrogens with one attached hydrogen (secondary N) is 1. The molecule has 0 fully saturated rings. The number of aryl methyl sites for hydroxylation is 1. The molecule has 1 heterocycles. The molecular weight excluding hydrogens is 267 g/mol. The van der Waals surface area contributed by atoms with Crippen molar-refractivity contribution in [1.82, 2.24) is 5.32 Å². The van der Waals surface area contributed by atoms with Crippen LogP contribution in [0.3, 0.4) is 0 Å². The van der Waals surface area contributed by atoms with Crippen molar-refractivity contribution >= 4 is 5.69 Å². The molecular formula is C17H23FN2O. The number of hydrogen-bond donors (Lipinski definition) is 1. The van der Waals surface area contributed by atoms with Crippen LogP contribution in [-0.2, 0) is 6.54 Å². The smallest absolute Gasteiger partial charge is 0.126 e. The fourth-order valence-electron chi connectivity index (χ4n) is 2.50. The molecule has 1 aromatic heterocycles. The van der Waals surface area contributed by atoms with E-state index in [-0.39, 0.29) is 11.9 Å². The minimum Gasteiger partial charge on any atom is -0.467 e. The standard InChI is InChI=1S/C17H23FN2O/c1-5-19-13(3)15-10-16(18)12(2)9-17(15)20(4)11-14-7-6-8-21-14/h6-10,13,19H,5,11H2,1-4H3. The van der Waals surface area contributed by atoms with Crippen LogP contribution in [0.1, 0.15) is 36.8 Å². The molecule has 2 rings (SSSR count). The van der Waals surface area contributed by atoms with E-state index < -0.39 is 0 Å². The number of halogens is 1. The summed E-state index contributed by atoms with van der Waals surface area (Å²) >= 11 is 0. The largest absolute Gasteiger partial charge is 0.467 e. The highest BCUT2D eigenvalue weighted by molar-refractivity contribution is 5.56. The Balaban J connectivity index is 2.33. The van der Waals surface area contributed by atoms with Gasteiger partial charge in [-0.2, -0.15) is 0 Å². The molecule has 0 bridgehead atoms. The number of anilines is 1. The van der Waals surface area contributed by atoms with Gasteiger partial charge in [-0.1, -0.05) is 6.92 Å². The summed E-state index contributed by atoms with van der Waals surface area (Å²) in [5.74, 6) is 0.728. The average molecular weight is 290 g/mol. The van der Waals surface area contributed by atoms with Crippen LogP contribution >= 0.6 is 0 Å². The van der Waals surface area contributed by atoms with Crippen molar-refractivity contribution in [3.8, 4) is 0 Å². The van der Waals surface area contributed by atoms with Crippen molar-refractivity contribution in [2.75, 3.05) is 18.5 Å². The molecule has 0 radical (unpaired) electrons. The second-order valence-corrected chi connectivity index (χ2v) is 5.37. The quantitative estimate of drug-likeness (QED) is 0.870. The van der Waals surface area contributed by atoms with Crippen LogP contribution in [0.5, 0.6) is 0 Å². The Morgan fingerprint density at radius 3 is 2.76 bits per heavy atom. The maximum Gasteiger partial charge on any atom is 0.126 e. The zero-order valence-electron chi connectivity index (χ0n) is 13.1. The first kappa shape index (κ1) is 15.6. The second kappa shape index (κ2) is 6.76. The minimum atomic E-state index is -0.162. The van der Waals surface area contributed by atoms with Crippen molar-refractivity contribution in [1.29, 1.82) is 0 Å². The van der Waals surface area contributed by atoms with E-state index in [0.29, 0.717) is 12.1 Å². The molecule has 0 saturated heterocycles. The van der Waals surface area contributed by atoms with E-state index in [4.69, 9.17) is 4.42 Å². The summed E-state index contributed by atoms with van der Waals surface area (Å²) in [7, 11) is 2.00. The van der Waals surface area contributed by atoms with E-state index in [9.17, 15) is 4.39 Å². The van der Waals surface area contributed by atoms with Gasteiger partial charge in [0, 0.05) is 18.8 Å². The van der Waals surface area contributed by atoms with Gasteiger partial charge in [0.05, 0.1) is 12.8 Å². The molecule has 114 valence electrons. The average Bonchev–Trinajstić information content (AvgIpc) is 2.94. The third-order valence-electron chi connectivity index (χ3n) is 3.67. The molecule has 1 unspecified atom stereocenters. The van der Waals surface area contributed by atoms with Crippen LogP contribution in [0, 0.1) is 12.7 Å². The lowest BCUT2D eigenvalue weighted by atomic mass is 10.0. The first-order valence-electron chi connectivity index (χ1n) is 7.29. The van der Waals surface area contributed by atoms with Gasteiger partial charge in [-0.05, 0) is 55.8 Å². The van der Waals surface area contributed by atoms with E-state index in [2.05, 4.69) is 17.1 Å². The van der Waals surface area contributed by atoms with Gasteiger partial charge in [0.15, 0.2) is 0 Å². The molecule has 1 atom stereocenters. The number of furan rings is 1. The SMILES string of the molecule is CCNC(C)c1cc(F)c(C)cc1N(C)Cc1ccco1. The number of rotatable bonds is 6. The maximum absolute atomic E-state index is 13.9. The summed E-state index contributed by atoms with van der Waals surface area (Å²) in [5.41, 5.74) is 2.65. The van der Waals surface area contributed by atoms with Crippen molar-refractivity contribution in [3.05, 3.63) is 53.2 Å². The number of nitrogens with zero attached hydrogens (tertiary/aromatic N) is 1. The van der Waals surface area contributed by atoms with Crippen molar-refractivity contribution in [2.45, 2.75) is 33.4 Å². The highest BCUT2D eigenvalue weighted by atomic mass is 19.1. The molecule has 0 saturated carbocycles. The molecule has 2 aromatic rings. The Labute approximate surface area is 125 Å². The summed E-state index contributed by atoms with van der Waals surface area (Å²) in [6, 6.07) is 7.46. The Morgan fingerprint density at radius 1 is 1.38 bits per heavy atom. The van der Waals surface area contributed by atoms with Crippen LogP contribution in [0.2, 0.25) is 0 Å². The van der Waals surface area contributed by atoms with Crippen LogP contribution < -0.4 is 10.2 Å². The summed E-state index contributed by atoms with van der Waals surface area (Å²) < 4.78 is 19.3. The van der Waals surface area contributed by atoms with Gasteiger partial charge < -0.3 is 14.6 Å². The van der Waals surface area contributed by atoms with Gasteiger partial charge in [-0.3, -0.25) is 0 Å². The Bertz CT molecular complexity index is 581. The lowest BCUT2D eigenvalue weighted by molar-refractivity contribution is 0.506. The molecule has 0 aliphatic heterocycles. The summed E-state index contributed by atoms with van der Waals surface area (Å²) in [6.07, 6.45) is 1.67. The molecule has 0 aliphatic rings. The van der Waals surface area contributed by atoms with E-state index in [1.807, 2.05) is 32.2 Å². The van der Waals surface area contributed by atoms with E-state index in [0.717, 1.165) is 23.6 Å². The summed E-state index contributed by atoms with van der Waals surface area (Å²) in [4.78, 5) is 2.09. The zero-order chi connectivity index (χ0) is 15.4. The minimum absolute atomic E-state index is 0.0964. The zero-order valence-corrected chi connectivity index (χ0v) is 13.1. The molecule has 0 aliphatic carbocycles. The predicted octanol–water partition coefficient (Wildman–Crippen LogP) is 4.03. The van der Waals surface area contributed by atoms with Gasteiger partial charge in [-0.15, -0.1) is 0 Å². The highest BCUT2D eigenvalue weighted by Crippen LogP contribution is 2.29. The normalized spacial score (nSPS) is 12.4. The van der Waals surface area contributed by atoms with E-state index in [1.165, 1.54) is 0 Å². The van der Waals surface area contributed by atoms with Crippen LogP contribution in [0.25, 0.3) is 0 Å². The lowest BCUT2D eigenvalue weighted by Crippen LogP contribution is -2.23. The number of benzene rings is 1. The molecule has 1 aromatic carbocycles. The fourth-order valence-corrected chi connectivity index (χ4v) is 2.50. The first-order chi connectivity index (χ1) is 10.0. The molecule has 3 nitrogen and oxygen atoms in total. The topological polar surface area (TPSA) is 28.4 Å². The molecule has 0 spiro atoms. The molecule has 4 heteroatoms. The Kier molecular flexibility index (Phi) is 5.02. The first-order valence-corrected chi connectivity index (χ1v) is 7.29. The van der Waals surface area contributed by atoms with Crippen LogP contribution in [0.4, 0.5) is 10.1 Å². The maximum atomic E-state index is 13.9. The highest BCUT2D eigenvalue weighted by Gasteiger charge is 2.16. The Morgan fingerprint density at radius 2 is 2.14 bits per heavy atom. The summed E-state index contributed by atoms with van der Waals surface area (Å²) in [5, 5.41) is 3.35. The van der Waals surface area contributed by atoms with Gasteiger partial charge in [0.25, 0.3) is 0 Å². The van der Waals surface area contributed by atoms with Gasteiger partial charge in [-0.25, -0.2) is 4.39 Å². The van der Waals surface area contributed by atoms with E-state index in [1.54, 1.807) is 19.3 Å². The second-order valence-electron chi connectivity index (χ2n) is 5.37. The van der Waals surface area contributed by atoms with Gasteiger partial charge in [0.1, 0.15) is 11.6 Å². The Hall–Kier alpha value is -1.81. The van der Waals surface area contributed by atoms with Crippen LogP contribution in [0.15, 0.2) is 34.9 Å². The third-order valence-corrected chi connectivity index (χ3v) is 3.67. The van der Waals surface area contributed by atoms with Crippen LogP contribution in [-0.4, -0.2) is 13.6 Å². The fraction of sp³-hybridized carbons (Fsp3) is 0.412. The summed E-state index contributed by atoms with van der Waals surface area (Å²) in [6.45, 7) is 7.40. The number of hydrogen-bond acceptors (Lipinski definition) is 3. The van der Waals surface area contributed by atoms with Crippen molar-refractivity contribution < 1.29 is 8.81 Å².